The SMILES string of the molecule is CCCC1O[C@@H]2C[C@H]3[C@@H]4C[C@H](F)C5=CC(=O)C=C[C@]5(C)[C@@]4(F)[C@@H](O)C[C@]3(C)[C@]2(C(=O)COC(=O)[C@H](CC(C)C)NC(=O)[C@H](CO)NC(=O)OCc2ccc(NC(=O)[C@H](CCCNC(N)=O)NC(=O)[C@@H](NC(=O)CCOCCOCCOCCOCCNC(=O)OCC3[C@H]4CCC#CCC[C@@H]34)C(C)C)cc2)O1. The standard InChI is InChI=1S/C75H108F2N8O21/c1-8-14-63-105-61-38-52-53-37-55(76)54-36-48(87)22-24-72(54,6)74(53,77)59(88)39-73(52,7)75(61,106-63)60(89)43-102-68(94)57(35-44(2)3)83-66(92)58(40-86)84-71(97)103-41-46-18-20-47(21-19-46)81-65(91)56(17-13-25-79-69(78)95)82-67(93)64(45(4)5)85-62(90)23-27-98-29-31-100-33-34-101-32-30-99-28-26-80-70(96)104-42-51-49-15-11-9-10-12-16-50(49)51/h18-22,24,36,44-45,49-53,55-59,61,63-64,86,88H,8,11-17,23,25-35,37-43H2,1-7H3,(H,80,96)(H,81,91)(H,82,93)(H,83,92)(H,84,97)(H,85,90)(H3,78,79,95)/t49-,50+,51?,52-,53-,55-,56-,57-,58-,59-,61+,63?,64-,72-,73-,74-,75+/m0/s1. The van der Waals surface area contributed by atoms with Crippen LogP contribution in [-0.2, 0) is 82.8 Å². The Labute approximate surface area is 617 Å². The summed E-state index contributed by atoms with van der Waals surface area (Å²) in [7, 11) is 0. The van der Waals surface area contributed by atoms with Crippen molar-refractivity contribution >= 4 is 65.1 Å². The number of aliphatic hydroxyl groups excluding tert-OH is 2. The number of aliphatic hydroxyl groups is 2. The fraction of sp³-hybridized carbons (Fsp3) is 0.707. The van der Waals surface area contributed by atoms with Crippen LogP contribution in [-0.4, -0.2) is 215 Å². The van der Waals surface area contributed by atoms with Crippen molar-refractivity contribution in [3.63, 3.8) is 0 Å². The number of primary amides is 1. The quantitative estimate of drug-likeness (QED) is 0.0183. The molecule has 1 aromatic rings. The molecule has 31 heteroatoms. The lowest BCUT2D eigenvalue weighted by Crippen LogP contribution is -2.71. The highest BCUT2D eigenvalue weighted by Gasteiger charge is 2.80. The number of alkyl halides is 2. The first-order valence-electron chi connectivity index (χ1n) is 37.1. The highest BCUT2D eigenvalue weighted by Crippen LogP contribution is 2.72. The predicted molar refractivity (Wildman–Crippen MR) is 377 cm³/mol. The van der Waals surface area contributed by atoms with Gasteiger partial charge >= 0.3 is 24.2 Å². The largest absolute Gasteiger partial charge is 0.456 e. The fourth-order valence-electron chi connectivity index (χ4n) is 16.1. The van der Waals surface area contributed by atoms with Crippen LogP contribution in [0.15, 0.2) is 48.1 Å². The second-order valence-corrected chi connectivity index (χ2v) is 29.6. The highest BCUT2D eigenvalue weighted by molar-refractivity contribution is 6.02. The van der Waals surface area contributed by atoms with E-state index in [0.717, 1.165) is 31.8 Å². The minimum absolute atomic E-state index is 0.0195. The molecule has 0 bridgehead atoms. The summed E-state index contributed by atoms with van der Waals surface area (Å²) in [5, 5.41) is 40.4. The number of hydrogen-bond donors (Lipinski definition) is 10. The Bertz CT molecular complexity index is 3350. The molecule has 5 fully saturated rings. The number of halogens is 2. The summed E-state index contributed by atoms with van der Waals surface area (Å²) in [6.07, 6.45) is 1.06. The molecule has 106 heavy (non-hydrogen) atoms. The number of fused-ring (bicyclic) bond motifs is 8. The molecule has 6 aliphatic carbocycles. The minimum Gasteiger partial charge on any atom is -0.456 e. The van der Waals surface area contributed by atoms with E-state index in [1.54, 1.807) is 34.6 Å². The summed E-state index contributed by atoms with van der Waals surface area (Å²) in [5.41, 5.74) is -1.51. The maximum absolute atomic E-state index is 18.1. The predicted octanol–water partition coefficient (Wildman–Crippen LogP) is 4.76. The third-order valence-electron chi connectivity index (χ3n) is 21.6. The number of hydrogen-bond acceptors (Lipinski definition) is 21. The molecule has 1 aromatic carbocycles. The van der Waals surface area contributed by atoms with Gasteiger partial charge in [-0.2, -0.15) is 0 Å². The van der Waals surface area contributed by atoms with Crippen molar-refractivity contribution in [3.05, 3.63) is 53.6 Å². The number of carbonyl (C=O) groups excluding carboxylic acids is 10. The van der Waals surface area contributed by atoms with E-state index in [1.165, 1.54) is 43.3 Å². The average Bonchev–Trinajstić information content (AvgIpc) is 1.34. The summed E-state index contributed by atoms with van der Waals surface area (Å²) in [5.74, 6) is 0.363. The van der Waals surface area contributed by atoms with Crippen LogP contribution in [0.1, 0.15) is 138 Å². The normalized spacial score (nSPS) is 28.4. The molecule has 0 spiro atoms. The van der Waals surface area contributed by atoms with E-state index in [2.05, 4.69) is 49.1 Å². The zero-order valence-electron chi connectivity index (χ0n) is 61.8. The molecule has 7 aliphatic rings. The molecule has 8 amide bonds. The van der Waals surface area contributed by atoms with E-state index < -0.39 is 161 Å². The zero-order chi connectivity index (χ0) is 76.9. The van der Waals surface area contributed by atoms with Crippen molar-refractivity contribution in [2.24, 2.45) is 58.0 Å². The summed E-state index contributed by atoms with van der Waals surface area (Å²) in [6.45, 7) is 12.7. The summed E-state index contributed by atoms with van der Waals surface area (Å²) < 4.78 is 85.8. The van der Waals surface area contributed by atoms with Crippen LogP contribution < -0.4 is 43.0 Å². The number of carbonyl (C=O) groups is 10. The van der Waals surface area contributed by atoms with Crippen molar-refractivity contribution in [1.29, 1.82) is 0 Å². The van der Waals surface area contributed by atoms with Gasteiger partial charge in [0, 0.05) is 54.8 Å². The number of esters is 1. The van der Waals surface area contributed by atoms with Gasteiger partial charge in [0.05, 0.1) is 78.3 Å². The van der Waals surface area contributed by atoms with Gasteiger partial charge in [0.1, 0.15) is 36.9 Å². The van der Waals surface area contributed by atoms with E-state index >= 15 is 8.78 Å². The van der Waals surface area contributed by atoms with Gasteiger partial charge in [-0.15, -0.1) is 11.8 Å². The Morgan fingerprint density at radius 2 is 1.41 bits per heavy atom. The Hall–Kier alpha value is -7.70. The first kappa shape index (κ1) is 83.9. The van der Waals surface area contributed by atoms with Crippen LogP contribution in [0, 0.1) is 64.1 Å². The second-order valence-electron chi connectivity index (χ2n) is 29.6. The number of urea groups is 1. The van der Waals surface area contributed by atoms with E-state index in [1.807, 2.05) is 6.92 Å². The fourth-order valence-corrected chi connectivity index (χ4v) is 16.1. The molecule has 17 atom stereocenters. The molecule has 2 unspecified atom stereocenters. The lowest BCUT2D eigenvalue weighted by Gasteiger charge is -2.63. The number of benzene rings is 1. The molecule has 4 saturated carbocycles. The van der Waals surface area contributed by atoms with Gasteiger partial charge in [-0.3, -0.25) is 28.8 Å². The van der Waals surface area contributed by atoms with E-state index in [4.69, 9.17) is 48.4 Å². The van der Waals surface area contributed by atoms with Gasteiger partial charge in [0.2, 0.25) is 29.4 Å². The van der Waals surface area contributed by atoms with Crippen LogP contribution in [0.5, 0.6) is 0 Å². The molecule has 1 aliphatic heterocycles. The number of ether oxygens (including phenoxy) is 9. The molecule has 29 nitrogen and oxygen atoms in total. The first-order valence-corrected chi connectivity index (χ1v) is 37.1. The number of nitrogens with one attached hydrogen (secondary N) is 7. The summed E-state index contributed by atoms with van der Waals surface area (Å²) in [6, 6.07) is -0.0313. The van der Waals surface area contributed by atoms with Gasteiger partial charge in [0.15, 0.2) is 29.9 Å². The van der Waals surface area contributed by atoms with Crippen LogP contribution in [0.25, 0.3) is 0 Å². The van der Waals surface area contributed by atoms with Crippen molar-refractivity contribution in [2.75, 3.05) is 91.1 Å². The van der Waals surface area contributed by atoms with Crippen molar-refractivity contribution in [3.8, 4) is 11.8 Å². The Balaban J connectivity index is 0.736. The van der Waals surface area contributed by atoms with Crippen LogP contribution in [0.3, 0.4) is 0 Å². The van der Waals surface area contributed by atoms with Crippen molar-refractivity contribution in [1.82, 2.24) is 31.9 Å². The number of allylic oxidation sites excluding steroid dienone is 4. The Morgan fingerprint density at radius 3 is 2.04 bits per heavy atom. The number of ketones is 2. The third kappa shape index (κ3) is 21.0. The molecule has 588 valence electrons. The second kappa shape index (κ2) is 38.9. The third-order valence-corrected chi connectivity index (χ3v) is 21.6. The maximum atomic E-state index is 18.1. The lowest BCUT2D eigenvalue weighted by molar-refractivity contribution is -0.235. The molecule has 0 radical (unpaired) electrons. The highest BCUT2D eigenvalue weighted by atomic mass is 19.1. The zero-order valence-corrected chi connectivity index (χ0v) is 61.8. The van der Waals surface area contributed by atoms with Gasteiger partial charge < -0.3 is 95.8 Å². The van der Waals surface area contributed by atoms with Crippen molar-refractivity contribution < 1.29 is 110 Å². The lowest BCUT2D eigenvalue weighted by atomic mass is 9.44. The Morgan fingerprint density at radius 1 is 0.755 bits per heavy atom. The van der Waals surface area contributed by atoms with Crippen molar-refractivity contribution in [2.45, 2.75) is 199 Å². The Kier molecular flexibility index (Phi) is 30.8. The van der Waals surface area contributed by atoms with Crippen LogP contribution >= 0.6 is 0 Å². The molecule has 1 saturated heterocycles. The van der Waals surface area contributed by atoms with E-state index in [9.17, 15) is 58.2 Å². The van der Waals surface area contributed by atoms with E-state index in [-0.39, 0.29) is 95.1 Å². The number of amides is 8. The van der Waals surface area contributed by atoms with Crippen LogP contribution in [0.2, 0.25) is 0 Å². The molecule has 11 N–H and O–H groups in total. The maximum Gasteiger partial charge on any atom is 0.408 e. The van der Waals surface area contributed by atoms with Gasteiger partial charge in [0.25, 0.3) is 0 Å². The number of rotatable bonds is 41. The smallest absolute Gasteiger partial charge is 0.408 e. The number of Topliss-reactive ketones (excluding diaryl/α,β-unsaturated/α-hetero) is 1. The first-order chi connectivity index (χ1) is 50.6. The molecule has 1 heterocycles. The van der Waals surface area contributed by atoms with Gasteiger partial charge in [-0.1, -0.05) is 66.2 Å². The number of alkyl carbamates (subject to hydrolysis) is 2. The summed E-state index contributed by atoms with van der Waals surface area (Å²) >= 11 is 0. The van der Waals surface area contributed by atoms with Gasteiger partial charge in [-0.05, 0) is 136 Å². The molecule has 0 aromatic heterocycles. The average molecular weight is 1500 g/mol. The summed E-state index contributed by atoms with van der Waals surface area (Å²) in [4.78, 5) is 132. The number of anilines is 1. The molecular formula is C75H108F2N8O21. The molecular weight excluding hydrogens is 1390 g/mol. The minimum atomic E-state index is -2.45. The van der Waals surface area contributed by atoms with Crippen LogP contribution in [0.4, 0.5) is 28.9 Å². The topological polar surface area (TPSA) is 404 Å². The van der Waals surface area contributed by atoms with Gasteiger partial charge in [-0.25, -0.2) is 28.0 Å². The monoisotopic (exact) mass is 1490 g/mol. The molecule has 8 rings (SSSR count). The number of nitrogens with two attached hydrogens (primary N) is 1. The van der Waals surface area contributed by atoms with E-state index in [0.29, 0.717) is 82.3 Å².